The first kappa shape index (κ1) is 11.5. The van der Waals surface area contributed by atoms with Crippen molar-refractivity contribution in [3.63, 3.8) is 0 Å². The molecular formula is C11H16NO3+. The fourth-order valence-corrected chi connectivity index (χ4v) is 1.26. The molecule has 0 aliphatic heterocycles. The van der Waals surface area contributed by atoms with Gasteiger partial charge in [0.1, 0.15) is 5.75 Å². The van der Waals surface area contributed by atoms with Crippen molar-refractivity contribution in [1.82, 2.24) is 0 Å². The second-order valence-electron chi connectivity index (χ2n) is 3.32. The van der Waals surface area contributed by atoms with Crippen LogP contribution >= 0.6 is 0 Å². The highest BCUT2D eigenvalue weighted by Crippen LogP contribution is 2.10. The van der Waals surface area contributed by atoms with Crippen molar-refractivity contribution in [1.29, 1.82) is 0 Å². The monoisotopic (exact) mass is 210 g/mol. The van der Waals surface area contributed by atoms with E-state index in [9.17, 15) is 4.79 Å². The predicted molar refractivity (Wildman–Crippen MR) is 55.1 cm³/mol. The number of benzene rings is 1. The first-order chi connectivity index (χ1) is 7.13. The Kier molecular flexibility index (Phi) is 4.12. The summed E-state index contributed by atoms with van der Waals surface area (Å²) in [5, 5.41) is 9.08. The Morgan fingerprint density at radius 3 is 2.60 bits per heavy atom. The Hall–Kier alpha value is -1.55. The van der Waals surface area contributed by atoms with Crippen LogP contribution in [0.25, 0.3) is 0 Å². The SMILES string of the molecule is CCOC(=O)[C@H]([NH3+])Cc1ccc(O)cc1. The molecule has 0 heterocycles. The lowest BCUT2D eigenvalue weighted by Crippen LogP contribution is -2.66. The zero-order valence-electron chi connectivity index (χ0n) is 8.77. The maximum absolute atomic E-state index is 11.3. The Morgan fingerprint density at radius 2 is 2.07 bits per heavy atom. The molecule has 4 heteroatoms. The van der Waals surface area contributed by atoms with Gasteiger partial charge in [0, 0.05) is 6.42 Å². The van der Waals surface area contributed by atoms with Gasteiger partial charge in [0.15, 0.2) is 6.04 Å². The van der Waals surface area contributed by atoms with Crippen LogP contribution in [0.3, 0.4) is 0 Å². The molecule has 0 saturated carbocycles. The molecule has 4 N–H and O–H groups in total. The molecule has 0 fully saturated rings. The Labute approximate surface area is 88.7 Å². The van der Waals surface area contributed by atoms with E-state index in [4.69, 9.17) is 9.84 Å². The van der Waals surface area contributed by atoms with Gasteiger partial charge in [-0.2, -0.15) is 0 Å². The normalized spacial score (nSPS) is 12.1. The average Bonchev–Trinajstić information content (AvgIpc) is 2.22. The number of aromatic hydroxyl groups is 1. The molecular weight excluding hydrogens is 194 g/mol. The molecule has 4 nitrogen and oxygen atoms in total. The molecule has 82 valence electrons. The standard InChI is InChI=1S/C11H15NO3/c1-2-15-11(14)10(12)7-8-3-5-9(13)6-4-8/h3-6,10,13H,2,7,12H2,1H3/p+1/t10-/m1/s1. The molecule has 0 saturated heterocycles. The number of phenols is 1. The number of carbonyl (C=O) groups excluding carboxylic acids is 1. The number of hydrogen-bond acceptors (Lipinski definition) is 3. The van der Waals surface area contributed by atoms with Gasteiger partial charge in [-0.3, -0.25) is 0 Å². The van der Waals surface area contributed by atoms with Gasteiger partial charge >= 0.3 is 5.97 Å². The van der Waals surface area contributed by atoms with Crippen molar-refractivity contribution >= 4 is 5.97 Å². The van der Waals surface area contributed by atoms with Gasteiger partial charge in [0.2, 0.25) is 0 Å². The average molecular weight is 210 g/mol. The van der Waals surface area contributed by atoms with E-state index < -0.39 is 6.04 Å². The maximum Gasteiger partial charge on any atom is 0.365 e. The lowest BCUT2D eigenvalue weighted by molar-refractivity contribution is -0.407. The summed E-state index contributed by atoms with van der Waals surface area (Å²) in [4.78, 5) is 11.3. The second-order valence-corrected chi connectivity index (χ2v) is 3.32. The maximum atomic E-state index is 11.3. The fraction of sp³-hybridized carbons (Fsp3) is 0.364. The Bertz CT molecular complexity index is 321. The highest BCUT2D eigenvalue weighted by molar-refractivity contribution is 5.74. The van der Waals surface area contributed by atoms with Crippen molar-refractivity contribution in [3.05, 3.63) is 29.8 Å². The third kappa shape index (κ3) is 3.59. The van der Waals surface area contributed by atoms with Crippen LogP contribution in [0.5, 0.6) is 5.75 Å². The summed E-state index contributed by atoms with van der Waals surface area (Å²) in [7, 11) is 0. The first-order valence-corrected chi connectivity index (χ1v) is 4.91. The lowest BCUT2D eigenvalue weighted by Gasteiger charge is -2.07. The molecule has 15 heavy (non-hydrogen) atoms. The molecule has 1 rings (SSSR count). The van der Waals surface area contributed by atoms with Crippen molar-refractivity contribution in [2.24, 2.45) is 0 Å². The molecule has 0 bridgehead atoms. The summed E-state index contributed by atoms with van der Waals surface area (Å²) >= 11 is 0. The summed E-state index contributed by atoms with van der Waals surface area (Å²) in [6.45, 7) is 2.14. The molecule has 0 aliphatic rings. The molecule has 1 atom stereocenters. The minimum absolute atomic E-state index is 0.218. The number of rotatable bonds is 4. The number of esters is 1. The van der Waals surface area contributed by atoms with Gasteiger partial charge in [-0.15, -0.1) is 0 Å². The molecule has 0 amide bonds. The Morgan fingerprint density at radius 1 is 1.47 bits per heavy atom. The zero-order chi connectivity index (χ0) is 11.3. The lowest BCUT2D eigenvalue weighted by atomic mass is 10.1. The molecule has 0 unspecified atom stereocenters. The zero-order valence-corrected chi connectivity index (χ0v) is 8.77. The fourth-order valence-electron chi connectivity index (χ4n) is 1.26. The van der Waals surface area contributed by atoms with Crippen molar-refractivity contribution in [2.45, 2.75) is 19.4 Å². The highest BCUT2D eigenvalue weighted by atomic mass is 16.5. The van der Waals surface area contributed by atoms with Crippen LogP contribution in [0.15, 0.2) is 24.3 Å². The molecule has 0 aromatic heterocycles. The number of carbonyl (C=O) groups is 1. The number of quaternary nitrogens is 1. The summed E-state index contributed by atoms with van der Waals surface area (Å²) in [5.41, 5.74) is 4.70. The van der Waals surface area contributed by atoms with Crippen LogP contribution in [0.2, 0.25) is 0 Å². The van der Waals surface area contributed by atoms with E-state index in [1.807, 2.05) is 0 Å². The van der Waals surface area contributed by atoms with Gasteiger partial charge in [0.25, 0.3) is 0 Å². The van der Waals surface area contributed by atoms with Gasteiger partial charge in [-0.05, 0) is 24.6 Å². The van der Waals surface area contributed by atoms with E-state index in [-0.39, 0.29) is 11.7 Å². The predicted octanol–water partition coefficient (Wildman–Crippen LogP) is 0.108. The summed E-state index contributed by atoms with van der Waals surface area (Å²) < 4.78 is 4.85. The van der Waals surface area contributed by atoms with E-state index >= 15 is 0 Å². The Balaban J connectivity index is 2.54. The van der Waals surface area contributed by atoms with Gasteiger partial charge in [-0.1, -0.05) is 12.1 Å². The summed E-state index contributed by atoms with van der Waals surface area (Å²) in [6.07, 6.45) is 0.527. The van der Waals surface area contributed by atoms with E-state index in [1.54, 1.807) is 31.2 Å². The van der Waals surface area contributed by atoms with Crippen LogP contribution in [-0.4, -0.2) is 23.7 Å². The van der Waals surface area contributed by atoms with Crippen molar-refractivity contribution < 1.29 is 20.4 Å². The first-order valence-electron chi connectivity index (χ1n) is 4.91. The van der Waals surface area contributed by atoms with E-state index in [0.717, 1.165) is 5.56 Å². The van der Waals surface area contributed by atoms with Crippen molar-refractivity contribution in [2.75, 3.05) is 6.61 Å². The van der Waals surface area contributed by atoms with Crippen LogP contribution < -0.4 is 5.73 Å². The quantitative estimate of drug-likeness (QED) is 0.692. The minimum atomic E-state index is -0.394. The third-order valence-corrected chi connectivity index (χ3v) is 2.04. The molecule has 1 aromatic carbocycles. The molecule has 1 aromatic rings. The van der Waals surface area contributed by atoms with Crippen LogP contribution in [0.1, 0.15) is 12.5 Å². The summed E-state index contributed by atoms with van der Waals surface area (Å²) in [6, 6.07) is 6.33. The highest BCUT2D eigenvalue weighted by Gasteiger charge is 2.18. The molecule has 0 spiro atoms. The molecule has 0 radical (unpaired) electrons. The van der Waals surface area contributed by atoms with E-state index in [2.05, 4.69) is 5.73 Å². The van der Waals surface area contributed by atoms with Crippen LogP contribution in [-0.2, 0) is 16.0 Å². The van der Waals surface area contributed by atoms with Gasteiger partial charge < -0.3 is 15.6 Å². The number of hydrogen-bond donors (Lipinski definition) is 2. The van der Waals surface area contributed by atoms with Crippen LogP contribution in [0.4, 0.5) is 0 Å². The topological polar surface area (TPSA) is 74.2 Å². The largest absolute Gasteiger partial charge is 0.508 e. The number of phenolic OH excluding ortho intramolecular Hbond substituents is 1. The summed E-state index contributed by atoms with van der Waals surface area (Å²) in [5.74, 6) is -0.0685. The number of ether oxygens (including phenoxy) is 1. The van der Waals surface area contributed by atoms with Gasteiger partial charge in [0.05, 0.1) is 6.61 Å². The van der Waals surface area contributed by atoms with E-state index in [1.165, 1.54) is 0 Å². The minimum Gasteiger partial charge on any atom is -0.508 e. The van der Waals surface area contributed by atoms with Crippen LogP contribution in [0, 0.1) is 0 Å². The second kappa shape index (κ2) is 5.36. The van der Waals surface area contributed by atoms with Crippen molar-refractivity contribution in [3.8, 4) is 5.75 Å². The third-order valence-electron chi connectivity index (χ3n) is 2.04. The smallest absolute Gasteiger partial charge is 0.365 e. The van der Waals surface area contributed by atoms with Gasteiger partial charge in [-0.25, -0.2) is 4.79 Å². The van der Waals surface area contributed by atoms with E-state index in [0.29, 0.717) is 13.0 Å². The molecule has 0 aliphatic carbocycles.